The van der Waals surface area contributed by atoms with Crippen molar-refractivity contribution in [2.45, 2.75) is 39.8 Å². The molecule has 0 unspecified atom stereocenters. The van der Waals surface area contributed by atoms with Gasteiger partial charge in [0.05, 0.1) is 6.61 Å². The molecular formula is C23H30N2O2. The molecule has 1 amide bonds. The van der Waals surface area contributed by atoms with Gasteiger partial charge in [-0.05, 0) is 67.6 Å². The van der Waals surface area contributed by atoms with Crippen molar-refractivity contribution in [2.75, 3.05) is 19.7 Å². The van der Waals surface area contributed by atoms with Gasteiger partial charge in [-0.1, -0.05) is 31.2 Å². The van der Waals surface area contributed by atoms with Gasteiger partial charge >= 0.3 is 0 Å². The first-order valence-corrected chi connectivity index (χ1v) is 9.95. The SMILES string of the molecule is CCOc1cccc(CNC(=O)c2ccc(CN3CCC[C@@H](C)C3)cc2)c1. The number of hydrogen-bond donors (Lipinski definition) is 1. The van der Waals surface area contributed by atoms with Gasteiger partial charge in [0.2, 0.25) is 0 Å². The normalized spacial score (nSPS) is 17.5. The Morgan fingerprint density at radius 1 is 1.19 bits per heavy atom. The summed E-state index contributed by atoms with van der Waals surface area (Å²) in [6, 6.07) is 15.8. The van der Waals surface area contributed by atoms with Crippen LogP contribution in [0.2, 0.25) is 0 Å². The Bertz CT molecular complexity index is 742. The summed E-state index contributed by atoms with van der Waals surface area (Å²) >= 11 is 0. The number of ether oxygens (including phenoxy) is 1. The molecule has 4 heteroatoms. The molecule has 2 aromatic rings. The first kappa shape index (κ1) is 19.4. The summed E-state index contributed by atoms with van der Waals surface area (Å²) in [5, 5.41) is 2.99. The van der Waals surface area contributed by atoms with Crippen molar-refractivity contribution in [3.05, 3.63) is 65.2 Å². The molecule has 4 nitrogen and oxygen atoms in total. The van der Waals surface area contributed by atoms with Crippen LogP contribution in [0.1, 0.15) is 48.2 Å². The maximum Gasteiger partial charge on any atom is 0.251 e. The molecule has 0 bridgehead atoms. The molecule has 144 valence electrons. The van der Waals surface area contributed by atoms with Gasteiger partial charge in [-0.15, -0.1) is 0 Å². The van der Waals surface area contributed by atoms with Crippen molar-refractivity contribution in [3.8, 4) is 5.75 Å². The molecule has 0 aliphatic carbocycles. The van der Waals surface area contributed by atoms with E-state index in [4.69, 9.17) is 4.74 Å². The van der Waals surface area contributed by atoms with Crippen molar-refractivity contribution in [2.24, 2.45) is 5.92 Å². The Kier molecular flexibility index (Phi) is 6.88. The van der Waals surface area contributed by atoms with Crippen LogP contribution in [0.4, 0.5) is 0 Å². The molecule has 2 aromatic carbocycles. The maximum atomic E-state index is 12.4. The Labute approximate surface area is 162 Å². The minimum absolute atomic E-state index is 0.0463. The largest absolute Gasteiger partial charge is 0.494 e. The second-order valence-corrected chi connectivity index (χ2v) is 7.44. The highest BCUT2D eigenvalue weighted by Gasteiger charge is 2.16. The minimum atomic E-state index is -0.0463. The van der Waals surface area contributed by atoms with Crippen molar-refractivity contribution >= 4 is 5.91 Å². The minimum Gasteiger partial charge on any atom is -0.494 e. The number of likely N-dealkylation sites (tertiary alicyclic amines) is 1. The molecule has 0 aromatic heterocycles. The topological polar surface area (TPSA) is 41.6 Å². The smallest absolute Gasteiger partial charge is 0.251 e. The Balaban J connectivity index is 1.52. The summed E-state index contributed by atoms with van der Waals surface area (Å²) in [4.78, 5) is 14.9. The van der Waals surface area contributed by atoms with E-state index < -0.39 is 0 Å². The van der Waals surface area contributed by atoms with Gasteiger partial charge in [0.1, 0.15) is 5.75 Å². The van der Waals surface area contributed by atoms with Gasteiger partial charge in [-0.25, -0.2) is 0 Å². The highest BCUT2D eigenvalue weighted by Crippen LogP contribution is 2.18. The second kappa shape index (κ2) is 9.56. The number of rotatable bonds is 7. The van der Waals surface area contributed by atoms with Crippen molar-refractivity contribution < 1.29 is 9.53 Å². The molecule has 1 fully saturated rings. The van der Waals surface area contributed by atoms with Crippen LogP contribution in [0.3, 0.4) is 0 Å². The van der Waals surface area contributed by atoms with Crippen LogP contribution in [0.15, 0.2) is 48.5 Å². The number of hydrogen-bond acceptors (Lipinski definition) is 3. The number of carbonyl (C=O) groups is 1. The average Bonchev–Trinajstić information content (AvgIpc) is 2.67. The van der Waals surface area contributed by atoms with Gasteiger partial charge in [-0.2, -0.15) is 0 Å². The summed E-state index contributed by atoms with van der Waals surface area (Å²) in [5.41, 5.74) is 3.00. The van der Waals surface area contributed by atoms with E-state index >= 15 is 0 Å². The molecule has 3 rings (SSSR count). The summed E-state index contributed by atoms with van der Waals surface area (Å²) in [7, 11) is 0. The van der Waals surface area contributed by atoms with Gasteiger partial charge in [-0.3, -0.25) is 9.69 Å². The molecule has 27 heavy (non-hydrogen) atoms. The molecule has 1 aliphatic rings. The Hall–Kier alpha value is -2.33. The van der Waals surface area contributed by atoms with Crippen LogP contribution >= 0.6 is 0 Å². The molecule has 0 spiro atoms. The van der Waals surface area contributed by atoms with E-state index in [2.05, 4.69) is 29.3 Å². The summed E-state index contributed by atoms with van der Waals surface area (Å²) in [6.45, 7) is 8.73. The van der Waals surface area contributed by atoms with Gasteiger partial charge in [0.15, 0.2) is 0 Å². The average molecular weight is 367 g/mol. The summed E-state index contributed by atoms with van der Waals surface area (Å²) < 4.78 is 5.50. The van der Waals surface area contributed by atoms with E-state index in [9.17, 15) is 4.79 Å². The summed E-state index contributed by atoms with van der Waals surface area (Å²) in [6.07, 6.45) is 2.62. The predicted molar refractivity (Wildman–Crippen MR) is 109 cm³/mol. The van der Waals surface area contributed by atoms with Gasteiger partial charge < -0.3 is 10.1 Å². The van der Waals surface area contributed by atoms with E-state index in [1.54, 1.807) is 0 Å². The molecule has 1 atom stereocenters. The first-order valence-electron chi connectivity index (χ1n) is 9.95. The van der Waals surface area contributed by atoms with Crippen LogP contribution < -0.4 is 10.1 Å². The molecule has 1 heterocycles. The third-order valence-corrected chi connectivity index (χ3v) is 5.03. The zero-order valence-electron chi connectivity index (χ0n) is 16.4. The number of amides is 1. The lowest BCUT2D eigenvalue weighted by Crippen LogP contribution is -2.33. The van der Waals surface area contributed by atoms with Gasteiger partial charge in [0, 0.05) is 25.2 Å². The fourth-order valence-electron chi connectivity index (χ4n) is 3.65. The third-order valence-electron chi connectivity index (χ3n) is 5.03. The molecule has 0 radical (unpaired) electrons. The Morgan fingerprint density at radius 3 is 2.74 bits per heavy atom. The van der Waals surface area contributed by atoms with Gasteiger partial charge in [0.25, 0.3) is 5.91 Å². The lowest BCUT2D eigenvalue weighted by atomic mass is 9.99. The standard InChI is InChI=1S/C23H30N2O2/c1-3-27-22-8-4-7-20(14-22)15-24-23(26)21-11-9-19(10-12-21)17-25-13-5-6-18(2)16-25/h4,7-12,14,18H,3,5-6,13,15-17H2,1-2H3,(H,24,26)/t18-/m1/s1. The molecule has 1 aliphatic heterocycles. The van der Waals surface area contributed by atoms with Crippen LogP contribution in [0.25, 0.3) is 0 Å². The van der Waals surface area contributed by atoms with Crippen molar-refractivity contribution in [3.63, 3.8) is 0 Å². The van der Waals surface area contributed by atoms with Crippen LogP contribution in [0.5, 0.6) is 5.75 Å². The van der Waals surface area contributed by atoms with E-state index in [0.717, 1.165) is 23.8 Å². The maximum absolute atomic E-state index is 12.4. The van der Waals surface area contributed by atoms with Crippen LogP contribution in [-0.4, -0.2) is 30.5 Å². The molecular weight excluding hydrogens is 336 g/mol. The highest BCUT2D eigenvalue weighted by molar-refractivity contribution is 5.94. The number of benzene rings is 2. The predicted octanol–water partition coefficient (Wildman–Crippen LogP) is 4.25. The lowest BCUT2D eigenvalue weighted by molar-refractivity contribution is 0.0951. The van der Waals surface area contributed by atoms with Crippen LogP contribution in [-0.2, 0) is 13.1 Å². The van der Waals surface area contributed by atoms with Crippen molar-refractivity contribution in [1.82, 2.24) is 10.2 Å². The fraction of sp³-hybridized carbons (Fsp3) is 0.435. The van der Waals surface area contributed by atoms with E-state index in [0.29, 0.717) is 18.7 Å². The third kappa shape index (κ3) is 5.83. The number of piperidine rings is 1. The number of nitrogens with one attached hydrogen (secondary N) is 1. The monoisotopic (exact) mass is 366 g/mol. The first-order chi connectivity index (χ1) is 13.1. The zero-order valence-corrected chi connectivity index (χ0v) is 16.4. The lowest BCUT2D eigenvalue weighted by Gasteiger charge is -2.30. The second-order valence-electron chi connectivity index (χ2n) is 7.44. The Morgan fingerprint density at radius 2 is 2.00 bits per heavy atom. The number of carbonyl (C=O) groups excluding carboxylic acids is 1. The molecule has 1 N–H and O–H groups in total. The zero-order chi connectivity index (χ0) is 19.1. The quantitative estimate of drug-likeness (QED) is 0.797. The van der Waals surface area contributed by atoms with E-state index in [1.807, 2.05) is 43.3 Å². The molecule has 0 saturated carbocycles. The highest BCUT2D eigenvalue weighted by atomic mass is 16.5. The fourth-order valence-corrected chi connectivity index (χ4v) is 3.65. The summed E-state index contributed by atoms with van der Waals surface area (Å²) in [5.74, 6) is 1.57. The van der Waals surface area contributed by atoms with Crippen LogP contribution in [0, 0.1) is 5.92 Å². The van der Waals surface area contributed by atoms with E-state index in [1.165, 1.54) is 31.5 Å². The van der Waals surface area contributed by atoms with Crippen molar-refractivity contribution in [1.29, 1.82) is 0 Å². The number of nitrogens with zero attached hydrogens (tertiary/aromatic N) is 1. The van der Waals surface area contributed by atoms with E-state index in [-0.39, 0.29) is 5.91 Å². The molecule has 1 saturated heterocycles.